The van der Waals surface area contributed by atoms with Gasteiger partial charge in [-0.05, 0) is 6.42 Å². The van der Waals surface area contributed by atoms with Gasteiger partial charge in [-0.3, -0.25) is 4.18 Å². The third-order valence-electron chi connectivity index (χ3n) is 1.69. The van der Waals surface area contributed by atoms with Gasteiger partial charge in [-0.2, -0.15) is 0 Å². The summed E-state index contributed by atoms with van der Waals surface area (Å²) in [6, 6.07) is 0. The molecule has 0 aromatic rings. The molecule has 0 aromatic carbocycles. The molecule has 0 rings (SSSR count). The first-order valence-corrected chi connectivity index (χ1v) is 5.55. The van der Waals surface area contributed by atoms with Gasteiger partial charge in [-0.1, -0.05) is 25.8 Å². The first kappa shape index (κ1) is 17.0. The van der Waals surface area contributed by atoms with E-state index in [-0.39, 0.29) is 42.1 Å². The van der Waals surface area contributed by atoms with Crippen molar-refractivity contribution in [2.24, 2.45) is 5.92 Å². The van der Waals surface area contributed by atoms with Crippen LogP contribution >= 0.6 is 0 Å². The molecule has 0 aliphatic rings. The molecule has 1 unspecified atom stereocenters. The van der Waals surface area contributed by atoms with Crippen molar-refractivity contribution in [2.75, 3.05) is 6.61 Å². The molecule has 0 bridgehead atoms. The Labute approximate surface area is 108 Å². The van der Waals surface area contributed by atoms with Crippen LogP contribution in [0.15, 0.2) is 12.7 Å². The van der Waals surface area contributed by atoms with Crippen LogP contribution in [-0.4, -0.2) is 19.6 Å². The molecule has 0 amide bonds. The van der Waals surface area contributed by atoms with Gasteiger partial charge in [0.15, 0.2) is 0 Å². The second-order valence-electron chi connectivity index (χ2n) is 2.83. The molecule has 0 aromatic heterocycles. The van der Waals surface area contributed by atoms with Gasteiger partial charge < -0.3 is 4.55 Å². The monoisotopic (exact) mass is 230 g/mol. The van der Waals surface area contributed by atoms with Gasteiger partial charge in [-0.25, -0.2) is 8.42 Å². The van der Waals surface area contributed by atoms with E-state index in [0.717, 1.165) is 19.3 Å². The average Bonchev–Trinajstić information content (AvgIpc) is 2.03. The second-order valence-corrected chi connectivity index (χ2v) is 3.88. The second kappa shape index (κ2) is 8.88. The fourth-order valence-electron chi connectivity index (χ4n) is 0.906. The minimum Gasteiger partial charge on any atom is -0.726 e. The van der Waals surface area contributed by atoms with Gasteiger partial charge in [0.25, 0.3) is 0 Å². The van der Waals surface area contributed by atoms with Gasteiger partial charge in [-0.15, -0.1) is 6.58 Å². The topological polar surface area (TPSA) is 66.4 Å². The summed E-state index contributed by atoms with van der Waals surface area (Å²) in [5.41, 5.74) is 0. The van der Waals surface area contributed by atoms with Crippen molar-refractivity contribution in [1.29, 1.82) is 0 Å². The van der Waals surface area contributed by atoms with E-state index < -0.39 is 10.4 Å². The Kier molecular flexibility index (Phi) is 10.8. The summed E-state index contributed by atoms with van der Waals surface area (Å²) in [7, 11) is -4.55. The molecule has 0 N–H and O–H groups in total. The Morgan fingerprint density at radius 3 is 2.50 bits per heavy atom. The van der Waals surface area contributed by atoms with Crippen molar-refractivity contribution in [1.82, 2.24) is 0 Å². The largest absolute Gasteiger partial charge is 1.00 e. The molecule has 0 aliphatic carbocycles. The molecular weight excluding hydrogens is 215 g/mol. The number of hydrogen-bond acceptors (Lipinski definition) is 4. The van der Waals surface area contributed by atoms with Crippen LogP contribution in [0.3, 0.4) is 0 Å². The number of hydrogen-bond donors (Lipinski definition) is 0. The minimum absolute atomic E-state index is 0. The molecular formula is C8H15NaO4S. The van der Waals surface area contributed by atoms with Crippen LogP contribution in [0.2, 0.25) is 0 Å². The first-order chi connectivity index (χ1) is 5.99. The molecule has 14 heavy (non-hydrogen) atoms. The van der Waals surface area contributed by atoms with Crippen molar-refractivity contribution >= 4 is 10.4 Å². The van der Waals surface area contributed by atoms with E-state index in [9.17, 15) is 13.0 Å². The summed E-state index contributed by atoms with van der Waals surface area (Å²) < 4.78 is 34.5. The smallest absolute Gasteiger partial charge is 0.726 e. The third kappa shape index (κ3) is 10.7. The van der Waals surface area contributed by atoms with Crippen LogP contribution in [0.1, 0.15) is 26.2 Å². The quantitative estimate of drug-likeness (QED) is 0.230. The van der Waals surface area contributed by atoms with E-state index in [4.69, 9.17) is 0 Å². The average molecular weight is 230 g/mol. The fourth-order valence-corrected chi connectivity index (χ4v) is 1.25. The van der Waals surface area contributed by atoms with Crippen LogP contribution in [0.25, 0.3) is 0 Å². The maximum Gasteiger partial charge on any atom is 1.00 e. The van der Waals surface area contributed by atoms with Gasteiger partial charge in [0.2, 0.25) is 10.4 Å². The Balaban J connectivity index is 0. The summed E-state index contributed by atoms with van der Waals surface area (Å²) in [5.74, 6) is -0.0522. The SMILES string of the molecule is C=CC(CCCC)COS(=O)(=O)[O-].[Na+]. The van der Waals surface area contributed by atoms with Crippen molar-refractivity contribution in [3.63, 3.8) is 0 Å². The van der Waals surface area contributed by atoms with E-state index in [2.05, 4.69) is 10.8 Å². The van der Waals surface area contributed by atoms with Crippen LogP contribution in [0.5, 0.6) is 0 Å². The zero-order valence-corrected chi connectivity index (χ0v) is 11.5. The molecule has 78 valence electrons. The molecule has 0 radical (unpaired) electrons. The molecule has 1 atom stereocenters. The van der Waals surface area contributed by atoms with E-state index in [1.807, 2.05) is 6.92 Å². The van der Waals surface area contributed by atoms with Crippen LogP contribution < -0.4 is 29.6 Å². The molecule has 0 saturated carbocycles. The van der Waals surface area contributed by atoms with Gasteiger partial charge in [0, 0.05) is 5.92 Å². The van der Waals surface area contributed by atoms with E-state index in [1.165, 1.54) is 0 Å². The van der Waals surface area contributed by atoms with Gasteiger partial charge >= 0.3 is 29.6 Å². The van der Waals surface area contributed by atoms with E-state index >= 15 is 0 Å². The Morgan fingerprint density at radius 2 is 2.14 bits per heavy atom. The summed E-state index contributed by atoms with van der Waals surface area (Å²) in [6.45, 7) is 5.48. The predicted octanol–water partition coefficient (Wildman–Crippen LogP) is -1.54. The van der Waals surface area contributed by atoms with Crippen LogP contribution in [0.4, 0.5) is 0 Å². The van der Waals surface area contributed by atoms with Crippen molar-refractivity contribution < 1.29 is 46.7 Å². The zero-order chi connectivity index (χ0) is 10.3. The van der Waals surface area contributed by atoms with Crippen molar-refractivity contribution in [3.05, 3.63) is 12.7 Å². The van der Waals surface area contributed by atoms with Crippen molar-refractivity contribution in [3.8, 4) is 0 Å². The van der Waals surface area contributed by atoms with Gasteiger partial charge in [0.1, 0.15) is 0 Å². The molecule has 6 heteroatoms. The summed E-state index contributed by atoms with van der Waals surface area (Å²) in [4.78, 5) is 0. The van der Waals surface area contributed by atoms with Crippen LogP contribution in [0, 0.1) is 5.92 Å². The Hall–Kier alpha value is 0.610. The number of rotatable bonds is 7. The maximum absolute atomic E-state index is 10.1. The summed E-state index contributed by atoms with van der Waals surface area (Å²) in [5, 5.41) is 0. The van der Waals surface area contributed by atoms with Crippen LogP contribution in [-0.2, 0) is 14.6 Å². The molecule has 0 heterocycles. The number of unbranched alkanes of at least 4 members (excludes halogenated alkanes) is 1. The predicted molar refractivity (Wildman–Crippen MR) is 48.9 cm³/mol. The minimum atomic E-state index is -4.55. The molecule has 0 fully saturated rings. The first-order valence-electron chi connectivity index (χ1n) is 4.22. The summed E-state index contributed by atoms with van der Waals surface area (Å²) in [6.07, 6.45) is 4.41. The normalized spacial score (nSPS) is 13.0. The zero-order valence-electron chi connectivity index (χ0n) is 8.73. The fraction of sp³-hybridized carbons (Fsp3) is 0.750. The maximum atomic E-state index is 10.1. The molecule has 4 nitrogen and oxygen atoms in total. The Morgan fingerprint density at radius 1 is 1.57 bits per heavy atom. The summed E-state index contributed by atoms with van der Waals surface area (Å²) >= 11 is 0. The van der Waals surface area contributed by atoms with Crippen molar-refractivity contribution in [2.45, 2.75) is 26.2 Å². The third-order valence-corrected chi connectivity index (χ3v) is 2.11. The van der Waals surface area contributed by atoms with Gasteiger partial charge in [0.05, 0.1) is 6.61 Å². The van der Waals surface area contributed by atoms with E-state index in [1.54, 1.807) is 6.08 Å². The molecule has 0 saturated heterocycles. The Bertz CT molecular complexity index is 238. The van der Waals surface area contributed by atoms with E-state index in [0.29, 0.717) is 0 Å². The molecule has 0 spiro atoms. The molecule has 0 aliphatic heterocycles. The standard InChI is InChI=1S/C8H16O4S.Na/c1-3-5-6-8(4-2)7-12-13(9,10)11;/h4,8H,2-3,5-7H2,1H3,(H,9,10,11);/q;+1/p-1.